The summed E-state index contributed by atoms with van der Waals surface area (Å²) in [4.78, 5) is 0. The highest BCUT2D eigenvalue weighted by Crippen LogP contribution is 2.38. The van der Waals surface area contributed by atoms with Crippen LogP contribution in [0.1, 0.15) is 16.5 Å². The second-order valence-corrected chi connectivity index (χ2v) is 3.85. The van der Waals surface area contributed by atoms with Crippen LogP contribution in [0.3, 0.4) is 0 Å². The third kappa shape index (κ3) is 1.15. The average Bonchev–Trinajstić information content (AvgIpc) is 2.30. The minimum Gasteiger partial charge on any atom is -0.121 e. The lowest BCUT2D eigenvalue weighted by Gasteiger charge is -2.03. The summed E-state index contributed by atoms with van der Waals surface area (Å²) in [5, 5.41) is 0.0851. The van der Waals surface area contributed by atoms with Gasteiger partial charge in [0.25, 0.3) is 0 Å². The molecule has 0 nitrogen and oxygen atoms in total. The van der Waals surface area contributed by atoms with Crippen LogP contribution in [0.2, 0.25) is 0 Å². The van der Waals surface area contributed by atoms with Crippen LogP contribution in [0.25, 0.3) is 0 Å². The van der Waals surface area contributed by atoms with E-state index in [9.17, 15) is 0 Å². The van der Waals surface area contributed by atoms with Gasteiger partial charge in [-0.15, -0.1) is 23.2 Å². The van der Waals surface area contributed by atoms with Gasteiger partial charge in [0.15, 0.2) is 0 Å². The van der Waals surface area contributed by atoms with Crippen molar-refractivity contribution < 1.29 is 0 Å². The highest BCUT2D eigenvalue weighted by molar-refractivity contribution is 6.30. The molecule has 1 aliphatic rings. The monoisotopic (exact) mass is 186 g/mol. The molecule has 0 fully saturated rings. The first-order chi connectivity index (χ1) is 5.29. The van der Waals surface area contributed by atoms with Gasteiger partial charge in [-0.1, -0.05) is 24.3 Å². The quantitative estimate of drug-likeness (QED) is 0.547. The third-order valence-electron chi connectivity index (χ3n) is 2.08. The fraction of sp³-hybridized carbons (Fsp3) is 0.333. The van der Waals surface area contributed by atoms with Crippen molar-refractivity contribution in [1.29, 1.82) is 0 Å². The molecule has 11 heavy (non-hydrogen) atoms. The second-order valence-electron chi connectivity index (χ2n) is 2.82. The maximum Gasteiger partial charge on any atom is 0.0754 e. The molecule has 2 heteroatoms. The van der Waals surface area contributed by atoms with Gasteiger partial charge in [0.1, 0.15) is 0 Å². The van der Waals surface area contributed by atoms with Crippen LogP contribution in [-0.4, -0.2) is 5.38 Å². The largest absolute Gasteiger partial charge is 0.121 e. The Morgan fingerprint density at radius 2 is 1.91 bits per heavy atom. The van der Waals surface area contributed by atoms with Crippen molar-refractivity contribution in [3.8, 4) is 0 Å². The summed E-state index contributed by atoms with van der Waals surface area (Å²) in [6.45, 7) is 0. The summed E-state index contributed by atoms with van der Waals surface area (Å²) in [6.07, 6.45) is 0.909. The minimum atomic E-state index is 0.00728. The molecule has 0 saturated carbocycles. The van der Waals surface area contributed by atoms with Crippen LogP contribution in [0.5, 0.6) is 0 Å². The van der Waals surface area contributed by atoms with E-state index in [2.05, 4.69) is 12.1 Å². The molecule has 0 aliphatic heterocycles. The predicted molar refractivity (Wildman–Crippen MR) is 48.4 cm³/mol. The molecular weight excluding hydrogens is 179 g/mol. The van der Waals surface area contributed by atoms with Crippen LogP contribution in [0.15, 0.2) is 24.3 Å². The van der Waals surface area contributed by atoms with Gasteiger partial charge in [0.2, 0.25) is 0 Å². The van der Waals surface area contributed by atoms with E-state index >= 15 is 0 Å². The summed E-state index contributed by atoms with van der Waals surface area (Å²) in [6, 6.07) is 8.17. The fourth-order valence-electron chi connectivity index (χ4n) is 1.50. The highest BCUT2D eigenvalue weighted by Gasteiger charge is 2.28. The number of fused-ring (bicyclic) bond motifs is 1. The normalized spacial score (nSPS) is 28.5. The van der Waals surface area contributed by atoms with E-state index in [1.165, 1.54) is 11.1 Å². The van der Waals surface area contributed by atoms with E-state index < -0.39 is 0 Å². The number of benzene rings is 1. The van der Waals surface area contributed by atoms with Crippen molar-refractivity contribution >= 4 is 23.2 Å². The minimum absolute atomic E-state index is 0.00728. The van der Waals surface area contributed by atoms with Crippen LogP contribution in [0.4, 0.5) is 0 Å². The van der Waals surface area contributed by atoms with Gasteiger partial charge in [-0.2, -0.15) is 0 Å². The third-order valence-corrected chi connectivity index (χ3v) is 3.16. The number of rotatable bonds is 0. The summed E-state index contributed by atoms with van der Waals surface area (Å²) >= 11 is 12.1. The Balaban J connectivity index is 2.47. The summed E-state index contributed by atoms with van der Waals surface area (Å²) < 4.78 is 0. The molecule has 0 aromatic heterocycles. The van der Waals surface area contributed by atoms with Gasteiger partial charge in [-0.25, -0.2) is 0 Å². The van der Waals surface area contributed by atoms with E-state index in [-0.39, 0.29) is 10.8 Å². The lowest BCUT2D eigenvalue weighted by molar-refractivity contribution is 0.892. The van der Waals surface area contributed by atoms with Crippen molar-refractivity contribution in [3.63, 3.8) is 0 Å². The van der Waals surface area contributed by atoms with E-state index in [0.717, 1.165) is 6.42 Å². The van der Waals surface area contributed by atoms with Crippen LogP contribution < -0.4 is 0 Å². The molecule has 0 heterocycles. The molecule has 0 radical (unpaired) electrons. The molecule has 0 bridgehead atoms. The van der Waals surface area contributed by atoms with Gasteiger partial charge in [0.05, 0.1) is 10.8 Å². The van der Waals surface area contributed by atoms with E-state index in [1.54, 1.807) is 0 Å². The zero-order valence-corrected chi connectivity index (χ0v) is 7.44. The van der Waals surface area contributed by atoms with Gasteiger partial charge in [0, 0.05) is 0 Å². The molecule has 2 atom stereocenters. The lowest BCUT2D eigenvalue weighted by atomic mass is 10.1. The van der Waals surface area contributed by atoms with Crippen LogP contribution in [0, 0.1) is 0 Å². The van der Waals surface area contributed by atoms with Crippen molar-refractivity contribution in [1.82, 2.24) is 0 Å². The standard InChI is InChI=1S/C9H8Cl2/c10-8-5-6-3-1-2-4-7(6)9(8)11/h1-4,8-9H,5H2. The van der Waals surface area contributed by atoms with Crippen LogP contribution in [-0.2, 0) is 6.42 Å². The van der Waals surface area contributed by atoms with Crippen molar-refractivity contribution in [2.45, 2.75) is 17.2 Å². The zero-order chi connectivity index (χ0) is 7.84. The second kappa shape index (κ2) is 2.69. The molecular formula is C9H8Cl2. The van der Waals surface area contributed by atoms with E-state index in [0.29, 0.717) is 0 Å². The van der Waals surface area contributed by atoms with Crippen molar-refractivity contribution in [2.24, 2.45) is 0 Å². The Kier molecular flexibility index (Phi) is 1.82. The number of hydrogen-bond acceptors (Lipinski definition) is 0. The zero-order valence-electron chi connectivity index (χ0n) is 5.93. The van der Waals surface area contributed by atoms with Crippen LogP contribution >= 0.6 is 23.2 Å². The SMILES string of the molecule is ClC1Cc2ccccc2C1Cl. The fourth-order valence-corrected chi connectivity index (χ4v) is 2.10. The Morgan fingerprint density at radius 1 is 1.18 bits per heavy atom. The Labute approximate surface area is 76.1 Å². The predicted octanol–water partition coefficient (Wildman–Crippen LogP) is 3.13. The molecule has 1 aromatic rings. The first-order valence-corrected chi connectivity index (χ1v) is 4.52. The van der Waals surface area contributed by atoms with E-state index in [1.807, 2.05) is 12.1 Å². The molecule has 1 aromatic carbocycles. The average molecular weight is 187 g/mol. The van der Waals surface area contributed by atoms with Gasteiger partial charge in [-0.05, 0) is 17.5 Å². The molecule has 0 N–H and O–H groups in total. The van der Waals surface area contributed by atoms with Gasteiger partial charge < -0.3 is 0 Å². The molecule has 58 valence electrons. The summed E-state index contributed by atoms with van der Waals surface area (Å²) in [5.74, 6) is 0. The molecule has 0 amide bonds. The molecule has 2 unspecified atom stereocenters. The van der Waals surface area contributed by atoms with Gasteiger partial charge >= 0.3 is 0 Å². The Morgan fingerprint density at radius 3 is 2.64 bits per heavy atom. The molecule has 0 spiro atoms. The first-order valence-electron chi connectivity index (χ1n) is 3.65. The van der Waals surface area contributed by atoms with Crippen molar-refractivity contribution in [3.05, 3.63) is 35.4 Å². The molecule has 2 rings (SSSR count). The number of halogens is 2. The lowest BCUT2D eigenvalue weighted by Crippen LogP contribution is -1.98. The van der Waals surface area contributed by atoms with Gasteiger partial charge in [-0.3, -0.25) is 0 Å². The maximum atomic E-state index is 6.06. The van der Waals surface area contributed by atoms with E-state index in [4.69, 9.17) is 23.2 Å². The number of hydrogen-bond donors (Lipinski definition) is 0. The topological polar surface area (TPSA) is 0 Å². The summed E-state index contributed by atoms with van der Waals surface area (Å²) in [7, 11) is 0. The Bertz CT molecular complexity index is 270. The maximum absolute atomic E-state index is 6.06. The highest BCUT2D eigenvalue weighted by atomic mass is 35.5. The van der Waals surface area contributed by atoms with Crippen molar-refractivity contribution in [2.75, 3.05) is 0 Å². The molecule has 0 saturated heterocycles. The summed E-state index contributed by atoms with van der Waals surface area (Å²) in [5.41, 5.74) is 2.50. The number of alkyl halides is 2. The molecule has 1 aliphatic carbocycles. The Hall–Kier alpha value is -0.200. The first kappa shape index (κ1) is 7.45. The smallest absolute Gasteiger partial charge is 0.0754 e.